The molecule has 1 saturated heterocycles. The molecule has 0 aliphatic carbocycles. The van der Waals surface area contributed by atoms with E-state index in [2.05, 4.69) is 46.9 Å². The van der Waals surface area contributed by atoms with Crippen LogP contribution in [0, 0.1) is 11.8 Å². The minimum Gasteiger partial charge on any atom is -0.395 e. The number of rotatable bonds is 5. The van der Waals surface area contributed by atoms with Gasteiger partial charge in [-0.05, 0) is 24.8 Å². The van der Waals surface area contributed by atoms with Gasteiger partial charge >= 0.3 is 0 Å². The predicted molar refractivity (Wildman–Crippen MR) is 89.5 cm³/mol. The smallest absolute Gasteiger partial charge is 0.0540 e. The van der Waals surface area contributed by atoms with Crippen LogP contribution in [0.15, 0.2) is 11.4 Å². The molecule has 1 aliphatic rings. The zero-order valence-electron chi connectivity index (χ0n) is 13.1. The van der Waals surface area contributed by atoms with Crippen LogP contribution >= 0.6 is 11.3 Å². The van der Waals surface area contributed by atoms with E-state index >= 15 is 0 Å². The molecule has 1 aromatic rings. The average Bonchev–Trinajstić information content (AvgIpc) is 2.95. The SMILES string of the molecule is CCC(C)N1CCN(Cc2sccc2C#CCCO)CC1. The maximum Gasteiger partial charge on any atom is 0.0540 e. The van der Waals surface area contributed by atoms with Gasteiger partial charge in [0.25, 0.3) is 0 Å². The van der Waals surface area contributed by atoms with Crippen molar-refractivity contribution in [2.45, 2.75) is 39.3 Å². The van der Waals surface area contributed by atoms with Crippen LogP contribution in [0.5, 0.6) is 0 Å². The molecule has 4 heteroatoms. The maximum atomic E-state index is 8.80. The molecule has 1 fully saturated rings. The van der Waals surface area contributed by atoms with Gasteiger partial charge in [0.15, 0.2) is 0 Å². The first kappa shape index (κ1) is 16.5. The lowest BCUT2D eigenvalue weighted by atomic mass is 10.2. The summed E-state index contributed by atoms with van der Waals surface area (Å²) in [6.07, 6.45) is 1.79. The van der Waals surface area contributed by atoms with Crippen LogP contribution < -0.4 is 0 Å². The Morgan fingerprint density at radius 3 is 2.76 bits per heavy atom. The summed E-state index contributed by atoms with van der Waals surface area (Å²) in [5, 5.41) is 10.9. The Bertz CT molecular complexity index is 480. The number of hydrogen-bond donors (Lipinski definition) is 1. The van der Waals surface area contributed by atoms with Gasteiger partial charge in [-0.1, -0.05) is 18.8 Å². The van der Waals surface area contributed by atoms with Crippen LogP contribution in [0.1, 0.15) is 37.1 Å². The van der Waals surface area contributed by atoms with Gasteiger partial charge in [-0.25, -0.2) is 0 Å². The van der Waals surface area contributed by atoms with Gasteiger partial charge in [0.1, 0.15) is 0 Å². The molecule has 0 bridgehead atoms. The molecule has 0 aromatic carbocycles. The molecule has 0 spiro atoms. The highest BCUT2D eigenvalue weighted by Gasteiger charge is 2.20. The second-order valence-corrected chi connectivity index (χ2v) is 6.60. The highest BCUT2D eigenvalue weighted by atomic mass is 32.1. The molecule has 3 nitrogen and oxygen atoms in total. The van der Waals surface area contributed by atoms with Gasteiger partial charge in [0.2, 0.25) is 0 Å². The largest absolute Gasteiger partial charge is 0.395 e. The molecule has 0 radical (unpaired) electrons. The van der Waals surface area contributed by atoms with Crippen LogP contribution in [0.2, 0.25) is 0 Å². The number of aliphatic hydroxyl groups is 1. The van der Waals surface area contributed by atoms with E-state index in [9.17, 15) is 0 Å². The maximum absolute atomic E-state index is 8.80. The summed E-state index contributed by atoms with van der Waals surface area (Å²) in [6, 6.07) is 2.80. The summed E-state index contributed by atoms with van der Waals surface area (Å²) in [5.41, 5.74) is 1.14. The Morgan fingerprint density at radius 1 is 1.33 bits per heavy atom. The molecule has 21 heavy (non-hydrogen) atoms. The molecular weight excluding hydrogens is 280 g/mol. The van der Waals surface area contributed by atoms with E-state index in [1.54, 1.807) is 11.3 Å². The average molecular weight is 306 g/mol. The number of hydrogen-bond acceptors (Lipinski definition) is 4. The third kappa shape index (κ3) is 4.82. The first-order valence-electron chi connectivity index (χ1n) is 7.87. The van der Waals surface area contributed by atoms with E-state index in [1.807, 2.05) is 0 Å². The Morgan fingerprint density at radius 2 is 2.10 bits per heavy atom. The summed E-state index contributed by atoms with van der Waals surface area (Å²) in [6.45, 7) is 10.4. The van der Waals surface area contributed by atoms with Gasteiger partial charge in [-0.2, -0.15) is 0 Å². The fraction of sp³-hybridized carbons (Fsp3) is 0.647. The fourth-order valence-corrected chi connectivity index (χ4v) is 3.48. The lowest BCUT2D eigenvalue weighted by Gasteiger charge is -2.37. The quantitative estimate of drug-likeness (QED) is 0.846. The zero-order valence-corrected chi connectivity index (χ0v) is 14.0. The van der Waals surface area contributed by atoms with Crippen molar-refractivity contribution in [1.29, 1.82) is 0 Å². The van der Waals surface area contributed by atoms with E-state index in [1.165, 1.54) is 24.4 Å². The second kappa shape index (κ2) is 8.55. The van der Waals surface area contributed by atoms with E-state index in [0.717, 1.165) is 25.2 Å². The van der Waals surface area contributed by atoms with Crippen molar-refractivity contribution in [3.63, 3.8) is 0 Å². The van der Waals surface area contributed by atoms with E-state index in [0.29, 0.717) is 12.5 Å². The summed E-state index contributed by atoms with van der Waals surface area (Å²) in [7, 11) is 0. The Hall–Kier alpha value is -0.860. The molecule has 1 N–H and O–H groups in total. The number of aliphatic hydroxyl groups excluding tert-OH is 1. The van der Waals surface area contributed by atoms with E-state index in [4.69, 9.17) is 5.11 Å². The summed E-state index contributed by atoms with van der Waals surface area (Å²) in [5.74, 6) is 6.21. The summed E-state index contributed by atoms with van der Waals surface area (Å²) >= 11 is 1.79. The zero-order chi connectivity index (χ0) is 15.1. The topological polar surface area (TPSA) is 26.7 Å². The normalized spacial score (nSPS) is 18.2. The molecule has 2 heterocycles. The van der Waals surface area contributed by atoms with Crippen molar-refractivity contribution in [3.05, 3.63) is 21.9 Å². The van der Waals surface area contributed by atoms with Gasteiger partial charge in [-0.15, -0.1) is 11.3 Å². The molecule has 1 unspecified atom stereocenters. The van der Waals surface area contributed by atoms with E-state index < -0.39 is 0 Å². The monoisotopic (exact) mass is 306 g/mol. The van der Waals surface area contributed by atoms with Crippen molar-refractivity contribution in [2.75, 3.05) is 32.8 Å². The molecule has 2 rings (SSSR count). The van der Waals surface area contributed by atoms with Gasteiger partial charge in [-0.3, -0.25) is 9.80 Å². The van der Waals surface area contributed by atoms with Crippen molar-refractivity contribution in [2.24, 2.45) is 0 Å². The highest BCUT2D eigenvalue weighted by Crippen LogP contribution is 2.19. The standard InChI is InChI=1S/C17H26N2OS/c1-3-15(2)19-10-8-18(9-11-19)14-17-16(7-13-21-17)6-4-5-12-20/h7,13,15,20H,3,5,8-12,14H2,1-2H3. The third-order valence-electron chi connectivity index (χ3n) is 4.19. The third-order valence-corrected chi connectivity index (χ3v) is 5.10. The molecule has 0 saturated carbocycles. The van der Waals surface area contributed by atoms with Crippen molar-refractivity contribution in [1.82, 2.24) is 9.80 Å². The minimum absolute atomic E-state index is 0.143. The lowest BCUT2D eigenvalue weighted by molar-refractivity contribution is 0.0969. The van der Waals surface area contributed by atoms with Crippen LogP contribution in [-0.2, 0) is 6.54 Å². The minimum atomic E-state index is 0.143. The Kier molecular flexibility index (Phi) is 6.72. The number of thiophene rings is 1. The predicted octanol–water partition coefficient (Wildman–Crippen LogP) is 2.40. The number of piperazine rings is 1. The highest BCUT2D eigenvalue weighted by molar-refractivity contribution is 7.10. The summed E-state index contributed by atoms with van der Waals surface area (Å²) < 4.78 is 0. The van der Waals surface area contributed by atoms with Crippen molar-refractivity contribution in [3.8, 4) is 11.8 Å². The Labute approximate surface area is 132 Å². The molecule has 1 aromatic heterocycles. The molecule has 1 atom stereocenters. The molecule has 116 valence electrons. The second-order valence-electron chi connectivity index (χ2n) is 5.60. The van der Waals surface area contributed by atoms with Gasteiger partial charge < -0.3 is 5.11 Å². The van der Waals surface area contributed by atoms with Crippen LogP contribution in [0.4, 0.5) is 0 Å². The van der Waals surface area contributed by atoms with Crippen molar-refractivity contribution >= 4 is 11.3 Å². The van der Waals surface area contributed by atoms with Gasteiger partial charge in [0, 0.05) is 55.6 Å². The van der Waals surface area contributed by atoms with Crippen LogP contribution in [0.3, 0.4) is 0 Å². The molecule has 1 aliphatic heterocycles. The number of nitrogens with zero attached hydrogens (tertiary/aromatic N) is 2. The van der Waals surface area contributed by atoms with E-state index in [-0.39, 0.29) is 6.61 Å². The lowest BCUT2D eigenvalue weighted by Crippen LogP contribution is -2.48. The first-order chi connectivity index (χ1) is 10.2. The Balaban J connectivity index is 1.87. The van der Waals surface area contributed by atoms with Crippen LogP contribution in [-0.4, -0.2) is 53.7 Å². The summed E-state index contributed by atoms with van der Waals surface area (Å²) in [4.78, 5) is 6.48. The van der Waals surface area contributed by atoms with Gasteiger partial charge in [0.05, 0.1) is 6.61 Å². The first-order valence-corrected chi connectivity index (χ1v) is 8.75. The molecular formula is C17H26N2OS. The molecule has 0 amide bonds. The van der Waals surface area contributed by atoms with Crippen LogP contribution in [0.25, 0.3) is 0 Å². The van der Waals surface area contributed by atoms with Crippen molar-refractivity contribution < 1.29 is 5.11 Å². The fourth-order valence-electron chi connectivity index (χ4n) is 2.61.